The Morgan fingerprint density at radius 1 is 1.29 bits per heavy atom. The second-order valence-electron chi connectivity index (χ2n) is 4.24. The smallest absolute Gasteiger partial charge is 0.308 e. The van der Waals surface area contributed by atoms with Crippen LogP contribution in [-0.2, 0) is 11.2 Å². The minimum Gasteiger partial charge on any atom is -0.481 e. The second kappa shape index (κ2) is 4.05. The number of hydrogen-bond acceptors (Lipinski definition) is 2. The maximum Gasteiger partial charge on any atom is 0.308 e. The van der Waals surface area contributed by atoms with Crippen molar-refractivity contribution < 1.29 is 9.90 Å². The fourth-order valence-corrected chi connectivity index (χ4v) is 2.03. The Hall–Kier alpha value is -2.10. The predicted octanol–water partition coefficient (Wildman–Crippen LogP) is 1.77. The molecule has 88 valence electrons. The standard InChI is InChI=1S/C13H13NO3/c1-7-3-8(2)12-9(4-7)5-10(6-11(15)16)13(17)14-12/h3-5H,6H2,1-2H3,(H,14,17)(H,15,16). The highest BCUT2D eigenvalue weighted by atomic mass is 16.4. The molecule has 1 aromatic heterocycles. The summed E-state index contributed by atoms with van der Waals surface area (Å²) in [6.07, 6.45) is -0.252. The zero-order chi connectivity index (χ0) is 12.6. The number of aryl methyl sites for hydroxylation is 2. The van der Waals surface area contributed by atoms with Gasteiger partial charge in [-0.05, 0) is 36.9 Å². The fourth-order valence-electron chi connectivity index (χ4n) is 2.03. The van der Waals surface area contributed by atoms with Gasteiger partial charge in [0.05, 0.1) is 11.9 Å². The van der Waals surface area contributed by atoms with Gasteiger partial charge in [-0.1, -0.05) is 11.6 Å². The Morgan fingerprint density at radius 3 is 2.65 bits per heavy atom. The Labute approximate surface area is 97.9 Å². The number of hydrogen-bond donors (Lipinski definition) is 2. The number of carboxylic acid groups (broad SMARTS) is 1. The lowest BCUT2D eigenvalue weighted by molar-refractivity contribution is -0.136. The zero-order valence-corrected chi connectivity index (χ0v) is 9.70. The first-order chi connectivity index (χ1) is 7.97. The molecule has 2 N–H and O–H groups in total. The van der Waals surface area contributed by atoms with E-state index in [9.17, 15) is 9.59 Å². The SMILES string of the molecule is Cc1cc(C)c2[nH]c(=O)c(CC(=O)O)cc2c1. The molecular formula is C13H13NO3. The van der Waals surface area contributed by atoms with Gasteiger partial charge >= 0.3 is 5.97 Å². The van der Waals surface area contributed by atoms with Crippen LogP contribution < -0.4 is 5.56 Å². The molecule has 2 aromatic rings. The van der Waals surface area contributed by atoms with E-state index in [-0.39, 0.29) is 17.5 Å². The fraction of sp³-hybridized carbons (Fsp3) is 0.231. The van der Waals surface area contributed by atoms with Crippen LogP contribution in [0.25, 0.3) is 10.9 Å². The number of pyridine rings is 1. The molecule has 0 aliphatic carbocycles. The van der Waals surface area contributed by atoms with E-state index in [2.05, 4.69) is 4.98 Å². The van der Waals surface area contributed by atoms with Gasteiger partial charge in [-0.25, -0.2) is 0 Å². The molecule has 4 heteroatoms. The van der Waals surface area contributed by atoms with Crippen LogP contribution in [0.1, 0.15) is 16.7 Å². The number of nitrogens with one attached hydrogen (secondary N) is 1. The average Bonchev–Trinajstić information content (AvgIpc) is 2.20. The van der Waals surface area contributed by atoms with Crippen LogP contribution in [0.3, 0.4) is 0 Å². The van der Waals surface area contributed by atoms with Crippen LogP contribution >= 0.6 is 0 Å². The summed E-state index contributed by atoms with van der Waals surface area (Å²) in [6, 6.07) is 5.57. The summed E-state index contributed by atoms with van der Waals surface area (Å²) in [5.41, 5.74) is 2.80. The number of aromatic amines is 1. The monoisotopic (exact) mass is 231 g/mol. The number of carboxylic acids is 1. The lowest BCUT2D eigenvalue weighted by Crippen LogP contribution is -2.16. The Balaban J connectivity index is 2.71. The summed E-state index contributed by atoms with van der Waals surface area (Å²) < 4.78 is 0. The molecule has 0 bridgehead atoms. The molecule has 1 heterocycles. The first-order valence-electron chi connectivity index (χ1n) is 5.32. The topological polar surface area (TPSA) is 70.2 Å². The number of carbonyl (C=O) groups is 1. The summed E-state index contributed by atoms with van der Waals surface area (Å²) in [6.45, 7) is 3.89. The molecule has 4 nitrogen and oxygen atoms in total. The molecule has 0 aliphatic heterocycles. The molecule has 0 spiro atoms. The van der Waals surface area contributed by atoms with E-state index in [0.29, 0.717) is 0 Å². The van der Waals surface area contributed by atoms with Crippen molar-refractivity contribution in [1.29, 1.82) is 0 Å². The summed E-state index contributed by atoms with van der Waals surface area (Å²) in [4.78, 5) is 25.1. The van der Waals surface area contributed by atoms with Crippen LogP contribution in [-0.4, -0.2) is 16.1 Å². The molecule has 0 saturated heterocycles. The van der Waals surface area contributed by atoms with E-state index in [0.717, 1.165) is 22.0 Å². The van der Waals surface area contributed by atoms with Crippen molar-refractivity contribution in [3.05, 3.63) is 45.2 Å². The van der Waals surface area contributed by atoms with Crippen LogP contribution in [0.5, 0.6) is 0 Å². The number of benzene rings is 1. The number of aliphatic carboxylic acids is 1. The zero-order valence-electron chi connectivity index (χ0n) is 9.70. The molecule has 0 unspecified atom stereocenters. The van der Waals surface area contributed by atoms with Gasteiger partial charge in [0.2, 0.25) is 0 Å². The van der Waals surface area contributed by atoms with Gasteiger partial charge in [0.1, 0.15) is 0 Å². The third-order valence-corrected chi connectivity index (χ3v) is 2.71. The quantitative estimate of drug-likeness (QED) is 0.827. The average molecular weight is 231 g/mol. The molecule has 1 aromatic carbocycles. The van der Waals surface area contributed by atoms with Crippen molar-refractivity contribution in [3.8, 4) is 0 Å². The highest BCUT2D eigenvalue weighted by Gasteiger charge is 2.08. The molecular weight excluding hydrogens is 218 g/mol. The molecule has 2 rings (SSSR count). The van der Waals surface area contributed by atoms with Crippen LogP contribution in [0.4, 0.5) is 0 Å². The van der Waals surface area contributed by atoms with Gasteiger partial charge in [-0.15, -0.1) is 0 Å². The number of aromatic nitrogens is 1. The van der Waals surface area contributed by atoms with Gasteiger partial charge in [-0.2, -0.15) is 0 Å². The lowest BCUT2D eigenvalue weighted by Gasteiger charge is -2.05. The van der Waals surface area contributed by atoms with E-state index >= 15 is 0 Å². The summed E-state index contributed by atoms with van der Waals surface area (Å²) in [7, 11) is 0. The first-order valence-corrected chi connectivity index (χ1v) is 5.32. The van der Waals surface area contributed by atoms with Crippen molar-refractivity contribution in [2.45, 2.75) is 20.3 Å². The molecule has 0 aliphatic rings. The normalized spacial score (nSPS) is 10.7. The van der Waals surface area contributed by atoms with Gasteiger partial charge in [-0.3, -0.25) is 9.59 Å². The van der Waals surface area contributed by atoms with Crippen LogP contribution in [0, 0.1) is 13.8 Å². The molecule has 0 radical (unpaired) electrons. The Morgan fingerprint density at radius 2 is 2.00 bits per heavy atom. The third kappa shape index (κ3) is 2.20. The Bertz CT molecular complexity index is 655. The molecule has 0 fully saturated rings. The van der Waals surface area contributed by atoms with Gasteiger partial charge in [0.25, 0.3) is 5.56 Å². The van der Waals surface area contributed by atoms with Crippen molar-refractivity contribution in [3.63, 3.8) is 0 Å². The number of rotatable bonds is 2. The molecule has 0 amide bonds. The summed E-state index contributed by atoms with van der Waals surface area (Å²) in [5, 5.41) is 9.59. The van der Waals surface area contributed by atoms with Crippen LogP contribution in [0.2, 0.25) is 0 Å². The van der Waals surface area contributed by atoms with E-state index in [1.54, 1.807) is 6.07 Å². The predicted molar refractivity (Wildman–Crippen MR) is 65.4 cm³/mol. The van der Waals surface area contributed by atoms with E-state index in [4.69, 9.17) is 5.11 Å². The van der Waals surface area contributed by atoms with Crippen molar-refractivity contribution in [2.75, 3.05) is 0 Å². The third-order valence-electron chi connectivity index (χ3n) is 2.71. The molecule has 0 saturated carbocycles. The highest BCUT2D eigenvalue weighted by molar-refractivity contribution is 5.83. The second-order valence-corrected chi connectivity index (χ2v) is 4.24. The highest BCUT2D eigenvalue weighted by Crippen LogP contribution is 2.18. The van der Waals surface area contributed by atoms with Gasteiger partial charge in [0.15, 0.2) is 0 Å². The minimum atomic E-state index is -1.00. The largest absolute Gasteiger partial charge is 0.481 e. The van der Waals surface area contributed by atoms with E-state index in [1.807, 2.05) is 26.0 Å². The van der Waals surface area contributed by atoms with Crippen molar-refractivity contribution in [2.24, 2.45) is 0 Å². The van der Waals surface area contributed by atoms with Crippen LogP contribution in [0.15, 0.2) is 23.0 Å². The molecule has 0 atom stereocenters. The minimum absolute atomic E-state index is 0.252. The van der Waals surface area contributed by atoms with E-state index in [1.165, 1.54) is 0 Å². The van der Waals surface area contributed by atoms with Crippen molar-refractivity contribution >= 4 is 16.9 Å². The van der Waals surface area contributed by atoms with Gasteiger partial charge in [0, 0.05) is 5.56 Å². The summed E-state index contributed by atoms with van der Waals surface area (Å²) in [5.74, 6) is -1.00. The number of H-pyrrole nitrogens is 1. The number of fused-ring (bicyclic) bond motifs is 1. The maximum absolute atomic E-state index is 11.7. The first kappa shape index (κ1) is 11.4. The maximum atomic E-state index is 11.7. The van der Waals surface area contributed by atoms with Gasteiger partial charge < -0.3 is 10.1 Å². The Kier molecular flexibility index (Phi) is 2.71. The van der Waals surface area contributed by atoms with E-state index < -0.39 is 5.97 Å². The lowest BCUT2D eigenvalue weighted by atomic mass is 10.0. The van der Waals surface area contributed by atoms with Crippen molar-refractivity contribution in [1.82, 2.24) is 4.98 Å². The summed E-state index contributed by atoms with van der Waals surface area (Å²) >= 11 is 0. The molecule has 17 heavy (non-hydrogen) atoms.